The van der Waals surface area contributed by atoms with E-state index in [1.165, 1.54) is 10.5 Å². The van der Waals surface area contributed by atoms with Gasteiger partial charge in [-0.1, -0.05) is 6.07 Å². The molecule has 8 heteroatoms. The topological polar surface area (TPSA) is 106 Å². The predicted molar refractivity (Wildman–Crippen MR) is 107 cm³/mol. The Balaban J connectivity index is 2.16. The Hall–Kier alpha value is -4.12. The minimum absolute atomic E-state index is 0.00711. The number of carbonyl (C=O) groups excluding carboxylic acids is 1. The number of nitrogens with one attached hydrogen (secondary N) is 1. The van der Waals surface area contributed by atoms with Crippen molar-refractivity contribution in [2.45, 2.75) is 6.92 Å². The van der Waals surface area contributed by atoms with E-state index >= 15 is 0 Å². The third-order valence-electron chi connectivity index (χ3n) is 4.00. The van der Waals surface area contributed by atoms with Gasteiger partial charge in [-0.2, -0.15) is 10.2 Å². The lowest BCUT2D eigenvalue weighted by Gasteiger charge is -2.10. The quantitative estimate of drug-likeness (QED) is 0.512. The Morgan fingerprint density at radius 3 is 2.62 bits per heavy atom. The molecule has 2 heterocycles. The highest BCUT2D eigenvalue weighted by molar-refractivity contribution is 6.01. The van der Waals surface area contributed by atoms with Crippen molar-refractivity contribution in [1.29, 1.82) is 5.26 Å². The highest BCUT2D eigenvalue weighted by Crippen LogP contribution is 2.25. The summed E-state index contributed by atoms with van der Waals surface area (Å²) in [6.45, 7) is 2.08. The number of amides is 1. The van der Waals surface area contributed by atoms with Crippen molar-refractivity contribution in [3.63, 3.8) is 0 Å². The first-order valence-corrected chi connectivity index (χ1v) is 8.80. The highest BCUT2D eigenvalue weighted by atomic mass is 16.5. The van der Waals surface area contributed by atoms with E-state index in [1.54, 1.807) is 62.7 Å². The van der Waals surface area contributed by atoms with Crippen LogP contribution >= 0.6 is 0 Å². The number of pyridine rings is 1. The lowest BCUT2D eigenvalue weighted by Crippen LogP contribution is -2.25. The number of carbonyl (C=O) groups is 1. The first-order chi connectivity index (χ1) is 14.1. The molecule has 0 aliphatic rings. The molecule has 3 rings (SSSR count). The summed E-state index contributed by atoms with van der Waals surface area (Å²) in [5.74, 6) is 0.475. The second kappa shape index (κ2) is 8.71. The van der Waals surface area contributed by atoms with Crippen LogP contribution in [0.4, 0.5) is 0 Å². The van der Waals surface area contributed by atoms with E-state index in [9.17, 15) is 14.9 Å². The number of aromatic nitrogens is 2. The number of fused-ring (bicyclic) bond motifs is 1. The molecular weight excluding hydrogens is 372 g/mol. The molecule has 1 amide bonds. The maximum absolute atomic E-state index is 13.0. The summed E-state index contributed by atoms with van der Waals surface area (Å²) in [5, 5.41) is 11.9. The second-order valence-corrected chi connectivity index (χ2v) is 5.87. The lowest BCUT2D eigenvalue weighted by atomic mass is 10.1. The SMILES string of the molecule is CCNC(=O)C(C#N)=Cc1c(Oc2ccc(OC)cc2)nc2ccccn2c1=O. The smallest absolute Gasteiger partial charge is 0.269 e. The van der Waals surface area contributed by atoms with Crippen LogP contribution in [0.15, 0.2) is 59.0 Å². The number of hydrogen-bond acceptors (Lipinski definition) is 6. The Morgan fingerprint density at radius 1 is 1.24 bits per heavy atom. The van der Waals surface area contributed by atoms with E-state index in [1.807, 2.05) is 6.07 Å². The van der Waals surface area contributed by atoms with Crippen LogP contribution in [-0.2, 0) is 4.79 Å². The Kier molecular flexibility index (Phi) is 5.90. The molecule has 2 aromatic heterocycles. The van der Waals surface area contributed by atoms with Crippen molar-refractivity contribution in [3.05, 3.63) is 70.2 Å². The number of nitrogens with zero attached hydrogens (tertiary/aromatic N) is 3. The van der Waals surface area contributed by atoms with E-state index in [0.717, 1.165) is 0 Å². The molecule has 0 saturated carbocycles. The largest absolute Gasteiger partial charge is 0.497 e. The van der Waals surface area contributed by atoms with E-state index in [4.69, 9.17) is 9.47 Å². The van der Waals surface area contributed by atoms with Gasteiger partial charge in [-0.05, 0) is 49.4 Å². The Labute approximate surface area is 166 Å². The van der Waals surface area contributed by atoms with Gasteiger partial charge in [-0.15, -0.1) is 0 Å². The molecule has 0 radical (unpaired) electrons. The minimum atomic E-state index is -0.581. The van der Waals surface area contributed by atoms with E-state index in [2.05, 4.69) is 10.3 Å². The fraction of sp³-hybridized carbons (Fsp3) is 0.143. The number of hydrogen-bond donors (Lipinski definition) is 1. The average Bonchev–Trinajstić information content (AvgIpc) is 2.74. The fourth-order valence-corrected chi connectivity index (χ4v) is 2.59. The molecule has 0 unspecified atom stereocenters. The summed E-state index contributed by atoms with van der Waals surface area (Å²) in [6.07, 6.45) is 2.75. The molecule has 0 saturated heterocycles. The number of ether oxygens (including phenoxy) is 2. The van der Waals surface area contributed by atoms with E-state index in [0.29, 0.717) is 23.7 Å². The molecule has 0 spiro atoms. The summed E-state index contributed by atoms with van der Waals surface area (Å²) < 4.78 is 12.3. The van der Waals surface area contributed by atoms with E-state index in [-0.39, 0.29) is 17.0 Å². The van der Waals surface area contributed by atoms with Crippen LogP contribution in [0.5, 0.6) is 17.4 Å². The van der Waals surface area contributed by atoms with Crippen LogP contribution in [0.25, 0.3) is 11.7 Å². The van der Waals surface area contributed by atoms with E-state index < -0.39 is 11.5 Å². The second-order valence-electron chi connectivity index (χ2n) is 5.87. The van der Waals surface area contributed by atoms with Crippen LogP contribution in [0, 0.1) is 11.3 Å². The van der Waals surface area contributed by atoms with Gasteiger partial charge in [0.05, 0.1) is 7.11 Å². The number of rotatable bonds is 6. The third-order valence-corrected chi connectivity index (χ3v) is 4.00. The number of methoxy groups -OCH3 is 1. The van der Waals surface area contributed by atoms with Gasteiger partial charge in [0.25, 0.3) is 11.5 Å². The number of benzene rings is 1. The average molecular weight is 390 g/mol. The molecule has 29 heavy (non-hydrogen) atoms. The van der Waals surface area contributed by atoms with Crippen LogP contribution in [0.2, 0.25) is 0 Å². The van der Waals surface area contributed by atoms with Crippen LogP contribution in [0.3, 0.4) is 0 Å². The van der Waals surface area contributed by atoms with Gasteiger partial charge >= 0.3 is 0 Å². The summed E-state index contributed by atoms with van der Waals surface area (Å²) in [6, 6.07) is 13.6. The Morgan fingerprint density at radius 2 is 1.97 bits per heavy atom. The summed E-state index contributed by atoms with van der Waals surface area (Å²) in [7, 11) is 1.55. The van der Waals surface area contributed by atoms with Crippen molar-refractivity contribution in [2.24, 2.45) is 0 Å². The molecule has 0 aliphatic carbocycles. The van der Waals surface area contributed by atoms with Gasteiger partial charge in [0.1, 0.15) is 34.4 Å². The predicted octanol–water partition coefficient (Wildman–Crippen LogP) is 2.54. The van der Waals surface area contributed by atoms with Crippen molar-refractivity contribution < 1.29 is 14.3 Å². The van der Waals surface area contributed by atoms with Gasteiger partial charge < -0.3 is 14.8 Å². The van der Waals surface area contributed by atoms with Crippen LogP contribution in [-0.4, -0.2) is 28.9 Å². The van der Waals surface area contributed by atoms with Crippen molar-refractivity contribution in [1.82, 2.24) is 14.7 Å². The molecule has 0 fully saturated rings. The molecule has 8 nitrogen and oxygen atoms in total. The molecule has 0 atom stereocenters. The van der Waals surface area contributed by atoms with Gasteiger partial charge in [0.15, 0.2) is 0 Å². The molecule has 3 aromatic rings. The zero-order chi connectivity index (χ0) is 20.8. The van der Waals surface area contributed by atoms with Crippen molar-refractivity contribution >= 4 is 17.6 Å². The maximum atomic E-state index is 13.0. The first-order valence-electron chi connectivity index (χ1n) is 8.80. The van der Waals surface area contributed by atoms with Gasteiger partial charge in [0, 0.05) is 12.7 Å². The summed E-state index contributed by atoms with van der Waals surface area (Å²) in [4.78, 5) is 29.5. The molecule has 146 valence electrons. The molecular formula is C21H18N4O4. The number of nitriles is 1. The number of likely N-dealkylation sites (N-methyl/N-ethyl adjacent to an activating group) is 1. The minimum Gasteiger partial charge on any atom is -0.497 e. The molecule has 0 bridgehead atoms. The lowest BCUT2D eigenvalue weighted by molar-refractivity contribution is -0.116. The molecule has 1 N–H and O–H groups in total. The zero-order valence-corrected chi connectivity index (χ0v) is 15.9. The maximum Gasteiger partial charge on any atom is 0.269 e. The van der Waals surface area contributed by atoms with Gasteiger partial charge in [-0.3, -0.25) is 14.0 Å². The van der Waals surface area contributed by atoms with Crippen molar-refractivity contribution in [3.8, 4) is 23.4 Å². The molecule has 0 aliphatic heterocycles. The van der Waals surface area contributed by atoms with Gasteiger partial charge in [0.2, 0.25) is 5.88 Å². The van der Waals surface area contributed by atoms with Crippen LogP contribution < -0.4 is 20.3 Å². The monoisotopic (exact) mass is 390 g/mol. The van der Waals surface area contributed by atoms with Gasteiger partial charge in [-0.25, -0.2) is 0 Å². The highest BCUT2D eigenvalue weighted by Gasteiger charge is 2.17. The van der Waals surface area contributed by atoms with Crippen LogP contribution in [0.1, 0.15) is 12.5 Å². The normalized spacial score (nSPS) is 11.0. The third kappa shape index (κ3) is 4.25. The zero-order valence-electron chi connectivity index (χ0n) is 15.9. The standard InChI is InChI=1S/C21H18N4O4/c1-3-23-19(26)14(13-22)12-17-20(29-16-9-7-15(28-2)8-10-16)24-18-6-4-5-11-25(18)21(17)27/h4-12H,3H2,1-2H3,(H,23,26). The summed E-state index contributed by atoms with van der Waals surface area (Å²) in [5.41, 5.74) is -0.320. The Bertz CT molecular complexity index is 1170. The first kappa shape index (κ1) is 19.6. The van der Waals surface area contributed by atoms with Crippen molar-refractivity contribution in [2.75, 3.05) is 13.7 Å². The summed E-state index contributed by atoms with van der Waals surface area (Å²) >= 11 is 0. The fourth-order valence-electron chi connectivity index (χ4n) is 2.59. The molecule has 1 aromatic carbocycles.